The maximum Gasteiger partial charge on any atom is 0.272 e. The van der Waals surface area contributed by atoms with Crippen LogP contribution in [0.3, 0.4) is 0 Å². The lowest BCUT2D eigenvalue weighted by atomic mass is 9.93. The van der Waals surface area contributed by atoms with Crippen LogP contribution in [-0.2, 0) is 6.42 Å². The number of anilines is 1. The third-order valence-electron chi connectivity index (χ3n) is 4.69. The second kappa shape index (κ2) is 6.43. The van der Waals surface area contributed by atoms with Crippen molar-refractivity contribution in [3.8, 4) is 0 Å². The van der Waals surface area contributed by atoms with Gasteiger partial charge in [-0.2, -0.15) is 0 Å². The van der Waals surface area contributed by atoms with Crippen LogP contribution >= 0.6 is 11.6 Å². The number of fused-ring (bicyclic) bond motifs is 1. The topological polar surface area (TPSA) is 71.3 Å². The van der Waals surface area contributed by atoms with E-state index in [-0.39, 0.29) is 22.7 Å². The Morgan fingerprint density at radius 1 is 1.33 bits per heavy atom. The molecular formula is C17H19ClN4O2. The molecule has 7 heteroatoms. The number of furan rings is 1. The molecule has 2 aliphatic rings. The molecule has 126 valence electrons. The minimum atomic E-state index is -0.262. The fraction of sp³-hybridized carbons (Fsp3) is 0.471. The quantitative estimate of drug-likeness (QED) is 0.924. The summed E-state index contributed by atoms with van der Waals surface area (Å²) >= 11 is 6.17. The Bertz CT molecular complexity index is 755. The molecule has 1 atom stereocenters. The number of rotatable bonds is 3. The Balaban J connectivity index is 1.55. The molecule has 0 saturated carbocycles. The lowest BCUT2D eigenvalue weighted by Crippen LogP contribution is -2.32. The molecule has 2 aromatic heterocycles. The van der Waals surface area contributed by atoms with Gasteiger partial charge in [-0.3, -0.25) is 4.79 Å². The molecule has 1 N–H and O–H groups in total. The summed E-state index contributed by atoms with van der Waals surface area (Å²) in [7, 11) is 0. The minimum absolute atomic E-state index is 0.0544. The fourth-order valence-electron chi connectivity index (χ4n) is 3.45. The van der Waals surface area contributed by atoms with Crippen molar-refractivity contribution in [2.75, 3.05) is 18.0 Å². The van der Waals surface area contributed by atoms with Gasteiger partial charge in [0.15, 0.2) is 5.69 Å². The standard InChI is InChI=1S/C17H19ClN4O2/c18-12-10-19-17(22-7-1-2-8-22)21-15(12)16(23)20-13-4-3-5-14-11(13)6-9-24-14/h6,9-10,13H,1-5,7-8H2,(H,20,23). The van der Waals surface area contributed by atoms with Gasteiger partial charge in [0, 0.05) is 25.1 Å². The van der Waals surface area contributed by atoms with Crippen LogP contribution in [0.25, 0.3) is 0 Å². The molecule has 1 fully saturated rings. The van der Waals surface area contributed by atoms with Crippen molar-refractivity contribution in [1.29, 1.82) is 0 Å². The molecule has 0 spiro atoms. The lowest BCUT2D eigenvalue weighted by Gasteiger charge is -2.23. The van der Waals surface area contributed by atoms with E-state index in [4.69, 9.17) is 16.0 Å². The maximum absolute atomic E-state index is 12.7. The number of carbonyl (C=O) groups excluding carboxylic acids is 1. The van der Waals surface area contributed by atoms with Gasteiger partial charge in [0.1, 0.15) is 5.76 Å². The SMILES string of the molecule is O=C(NC1CCCc2occc21)c1nc(N2CCCC2)ncc1Cl. The van der Waals surface area contributed by atoms with Crippen LogP contribution in [0.5, 0.6) is 0 Å². The Kier molecular flexibility index (Phi) is 4.14. The lowest BCUT2D eigenvalue weighted by molar-refractivity contribution is 0.0927. The van der Waals surface area contributed by atoms with Crippen molar-refractivity contribution in [1.82, 2.24) is 15.3 Å². The summed E-state index contributed by atoms with van der Waals surface area (Å²) < 4.78 is 5.47. The largest absolute Gasteiger partial charge is 0.469 e. The van der Waals surface area contributed by atoms with E-state index in [2.05, 4.69) is 20.2 Å². The molecule has 1 amide bonds. The molecule has 1 unspecified atom stereocenters. The van der Waals surface area contributed by atoms with Crippen LogP contribution in [0.15, 0.2) is 22.9 Å². The summed E-state index contributed by atoms with van der Waals surface area (Å²) in [4.78, 5) is 23.5. The van der Waals surface area contributed by atoms with E-state index in [0.29, 0.717) is 5.95 Å². The first-order valence-corrected chi connectivity index (χ1v) is 8.75. The molecule has 3 heterocycles. The number of hydrogen-bond donors (Lipinski definition) is 1. The molecule has 0 radical (unpaired) electrons. The molecule has 2 aromatic rings. The number of nitrogens with zero attached hydrogens (tertiary/aromatic N) is 3. The smallest absolute Gasteiger partial charge is 0.272 e. The van der Waals surface area contributed by atoms with Crippen LogP contribution in [-0.4, -0.2) is 29.0 Å². The van der Waals surface area contributed by atoms with Gasteiger partial charge < -0.3 is 14.6 Å². The van der Waals surface area contributed by atoms with E-state index in [9.17, 15) is 4.79 Å². The van der Waals surface area contributed by atoms with Gasteiger partial charge >= 0.3 is 0 Å². The third kappa shape index (κ3) is 2.86. The predicted molar refractivity (Wildman–Crippen MR) is 90.3 cm³/mol. The Labute approximate surface area is 145 Å². The monoisotopic (exact) mass is 346 g/mol. The first-order chi connectivity index (χ1) is 11.7. The average molecular weight is 347 g/mol. The van der Waals surface area contributed by atoms with Crippen molar-refractivity contribution in [2.24, 2.45) is 0 Å². The normalized spacial score (nSPS) is 20.0. The number of hydrogen-bond acceptors (Lipinski definition) is 5. The minimum Gasteiger partial charge on any atom is -0.469 e. The van der Waals surface area contributed by atoms with Gasteiger partial charge in [0.05, 0.1) is 23.5 Å². The summed E-state index contributed by atoms with van der Waals surface area (Å²) in [5.74, 6) is 1.27. The van der Waals surface area contributed by atoms with Crippen molar-refractivity contribution < 1.29 is 9.21 Å². The molecule has 0 bridgehead atoms. The van der Waals surface area contributed by atoms with E-state index >= 15 is 0 Å². The Hall–Kier alpha value is -2.08. The molecule has 0 aromatic carbocycles. The van der Waals surface area contributed by atoms with Crippen molar-refractivity contribution in [2.45, 2.75) is 38.1 Å². The number of nitrogens with one attached hydrogen (secondary N) is 1. The average Bonchev–Trinajstić information content (AvgIpc) is 3.27. The van der Waals surface area contributed by atoms with Crippen LogP contribution < -0.4 is 10.2 Å². The molecular weight excluding hydrogens is 328 g/mol. The van der Waals surface area contributed by atoms with Crippen molar-refractivity contribution in [3.05, 3.63) is 40.6 Å². The van der Waals surface area contributed by atoms with Gasteiger partial charge in [-0.25, -0.2) is 9.97 Å². The number of carbonyl (C=O) groups is 1. The van der Waals surface area contributed by atoms with E-state index in [1.807, 2.05) is 6.07 Å². The van der Waals surface area contributed by atoms with Crippen LogP contribution in [0, 0.1) is 0 Å². The first kappa shape index (κ1) is 15.4. The third-order valence-corrected chi connectivity index (χ3v) is 4.97. The first-order valence-electron chi connectivity index (χ1n) is 8.37. The van der Waals surface area contributed by atoms with Crippen molar-refractivity contribution in [3.63, 3.8) is 0 Å². The Morgan fingerprint density at radius 3 is 3.00 bits per heavy atom. The highest BCUT2D eigenvalue weighted by molar-refractivity contribution is 6.33. The molecule has 6 nitrogen and oxygen atoms in total. The zero-order valence-corrected chi connectivity index (χ0v) is 14.1. The molecule has 1 saturated heterocycles. The molecule has 1 aliphatic carbocycles. The van der Waals surface area contributed by atoms with E-state index in [1.54, 1.807) is 6.26 Å². The van der Waals surface area contributed by atoms with Gasteiger partial charge in [0.25, 0.3) is 5.91 Å². The second-order valence-electron chi connectivity index (χ2n) is 6.28. The van der Waals surface area contributed by atoms with E-state index in [0.717, 1.165) is 56.5 Å². The summed E-state index contributed by atoms with van der Waals surface area (Å²) in [5, 5.41) is 3.32. The predicted octanol–water partition coefficient (Wildman–Crippen LogP) is 3.13. The summed E-state index contributed by atoms with van der Waals surface area (Å²) in [6.45, 7) is 1.84. The molecule has 1 aliphatic heterocycles. The van der Waals surface area contributed by atoms with Gasteiger partial charge in [0.2, 0.25) is 5.95 Å². The highest BCUT2D eigenvalue weighted by Gasteiger charge is 2.26. The summed E-state index contributed by atoms with van der Waals surface area (Å²) in [6, 6.07) is 1.87. The van der Waals surface area contributed by atoms with Crippen LogP contribution in [0.4, 0.5) is 5.95 Å². The number of halogens is 1. The van der Waals surface area contributed by atoms with E-state index < -0.39 is 0 Å². The van der Waals surface area contributed by atoms with E-state index in [1.165, 1.54) is 6.20 Å². The number of aryl methyl sites for hydroxylation is 1. The number of aromatic nitrogens is 2. The number of amides is 1. The van der Waals surface area contributed by atoms with Crippen LogP contribution in [0.2, 0.25) is 5.02 Å². The zero-order valence-electron chi connectivity index (χ0n) is 13.3. The second-order valence-corrected chi connectivity index (χ2v) is 6.69. The highest BCUT2D eigenvalue weighted by Crippen LogP contribution is 2.31. The zero-order chi connectivity index (χ0) is 16.5. The summed E-state index contributed by atoms with van der Waals surface area (Å²) in [5.41, 5.74) is 1.30. The highest BCUT2D eigenvalue weighted by atomic mass is 35.5. The summed E-state index contributed by atoms with van der Waals surface area (Å²) in [6.07, 6.45) is 8.24. The van der Waals surface area contributed by atoms with Gasteiger partial charge in [-0.15, -0.1) is 0 Å². The fourth-order valence-corrected chi connectivity index (χ4v) is 3.63. The molecule has 4 rings (SSSR count). The van der Waals surface area contributed by atoms with Gasteiger partial charge in [-0.1, -0.05) is 11.6 Å². The van der Waals surface area contributed by atoms with Gasteiger partial charge in [-0.05, 0) is 31.7 Å². The van der Waals surface area contributed by atoms with Crippen LogP contribution in [0.1, 0.15) is 53.5 Å². The van der Waals surface area contributed by atoms with Crippen molar-refractivity contribution >= 4 is 23.5 Å². The molecule has 24 heavy (non-hydrogen) atoms. The maximum atomic E-state index is 12.7. The Morgan fingerprint density at radius 2 is 2.17 bits per heavy atom.